The van der Waals surface area contributed by atoms with E-state index in [4.69, 9.17) is 9.47 Å². The van der Waals surface area contributed by atoms with E-state index >= 15 is 0 Å². The molecule has 0 spiro atoms. The van der Waals surface area contributed by atoms with Crippen LogP contribution < -0.4 is 0 Å². The summed E-state index contributed by atoms with van der Waals surface area (Å²) in [5.74, 6) is -0.767. The van der Waals surface area contributed by atoms with E-state index in [0.29, 0.717) is 11.1 Å². The third kappa shape index (κ3) is 6.05. The lowest BCUT2D eigenvalue weighted by Gasteiger charge is -2.08. The molecule has 0 fully saturated rings. The van der Waals surface area contributed by atoms with Gasteiger partial charge in [0.25, 0.3) is 0 Å². The molecule has 0 aliphatic heterocycles. The highest BCUT2D eigenvalue weighted by molar-refractivity contribution is 5.87. The Morgan fingerprint density at radius 2 is 0.812 bits per heavy atom. The lowest BCUT2D eigenvalue weighted by atomic mass is 9.99. The number of hydrogen-bond acceptors (Lipinski definition) is 4. The fourth-order valence-corrected chi connectivity index (χ4v) is 2.99. The summed E-state index contributed by atoms with van der Waals surface area (Å²) in [6, 6.07) is 24.2. The molecule has 0 aliphatic rings. The van der Waals surface area contributed by atoms with Gasteiger partial charge in [-0.2, -0.15) is 0 Å². The number of esters is 2. The first-order valence-electron chi connectivity index (χ1n) is 10.3. The summed E-state index contributed by atoms with van der Waals surface area (Å²) < 4.78 is 10.4. The highest BCUT2D eigenvalue weighted by atomic mass is 16.5. The Morgan fingerprint density at radius 1 is 0.562 bits per heavy atom. The van der Waals surface area contributed by atoms with Crippen molar-refractivity contribution < 1.29 is 19.1 Å². The van der Waals surface area contributed by atoms with Crippen LogP contribution >= 0.6 is 0 Å². The van der Waals surface area contributed by atoms with E-state index < -0.39 is 0 Å². The Balaban J connectivity index is 1.62. The molecule has 4 nitrogen and oxygen atoms in total. The van der Waals surface area contributed by atoms with Gasteiger partial charge in [0, 0.05) is 11.1 Å². The third-order valence-corrected chi connectivity index (χ3v) is 4.90. The van der Waals surface area contributed by atoms with Gasteiger partial charge >= 0.3 is 11.9 Å². The van der Waals surface area contributed by atoms with Crippen LogP contribution in [0.25, 0.3) is 22.3 Å². The summed E-state index contributed by atoms with van der Waals surface area (Å²) in [5.41, 5.74) is 7.00. The molecule has 0 radical (unpaired) electrons. The maximum atomic E-state index is 11.5. The summed E-state index contributed by atoms with van der Waals surface area (Å²) in [4.78, 5) is 23.0. The summed E-state index contributed by atoms with van der Waals surface area (Å²) in [5, 5.41) is 0. The van der Waals surface area contributed by atoms with Crippen LogP contribution in [0.2, 0.25) is 0 Å². The molecule has 0 atom stereocenters. The van der Waals surface area contributed by atoms with E-state index in [-0.39, 0.29) is 25.2 Å². The lowest BCUT2D eigenvalue weighted by Crippen LogP contribution is -2.04. The Labute approximate surface area is 188 Å². The second-order valence-corrected chi connectivity index (χ2v) is 7.68. The van der Waals surface area contributed by atoms with Gasteiger partial charge in [-0.1, -0.05) is 86.0 Å². The fourth-order valence-electron chi connectivity index (χ4n) is 2.99. The molecule has 162 valence electrons. The van der Waals surface area contributed by atoms with Crippen LogP contribution in [0, 0.1) is 0 Å². The third-order valence-electron chi connectivity index (χ3n) is 4.90. The van der Waals surface area contributed by atoms with Gasteiger partial charge in [0.1, 0.15) is 13.2 Å². The number of benzene rings is 3. The smallest absolute Gasteiger partial charge is 0.333 e. The first-order chi connectivity index (χ1) is 15.3. The van der Waals surface area contributed by atoms with Crippen LogP contribution in [-0.2, 0) is 32.3 Å². The second kappa shape index (κ2) is 10.4. The highest BCUT2D eigenvalue weighted by Crippen LogP contribution is 2.26. The van der Waals surface area contributed by atoms with E-state index in [1.54, 1.807) is 13.8 Å². The molecule has 0 saturated heterocycles. The highest BCUT2D eigenvalue weighted by Gasteiger charge is 2.06. The quantitative estimate of drug-likeness (QED) is 0.315. The van der Waals surface area contributed by atoms with Gasteiger partial charge in [0.05, 0.1) is 0 Å². The molecule has 3 aromatic rings. The average Bonchev–Trinajstić information content (AvgIpc) is 2.81. The fraction of sp³-hybridized carbons (Fsp3) is 0.143. The second-order valence-electron chi connectivity index (χ2n) is 7.68. The molecular formula is C28H26O4. The van der Waals surface area contributed by atoms with E-state index in [2.05, 4.69) is 37.4 Å². The molecule has 3 aromatic carbocycles. The molecule has 3 rings (SSSR count). The van der Waals surface area contributed by atoms with Crippen molar-refractivity contribution in [1.29, 1.82) is 0 Å². The zero-order valence-corrected chi connectivity index (χ0v) is 18.4. The Kier molecular flexibility index (Phi) is 7.40. The van der Waals surface area contributed by atoms with Crippen LogP contribution in [0.4, 0.5) is 0 Å². The van der Waals surface area contributed by atoms with Gasteiger partial charge in [-0.25, -0.2) is 9.59 Å². The minimum Gasteiger partial charge on any atom is -0.457 e. The van der Waals surface area contributed by atoms with E-state index in [9.17, 15) is 9.59 Å². The predicted molar refractivity (Wildman–Crippen MR) is 127 cm³/mol. The number of carbonyl (C=O) groups excluding carboxylic acids is 2. The van der Waals surface area contributed by atoms with Crippen molar-refractivity contribution in [3.8, 4) is 22.3 Å². The molecule has 0 aliphatic carbocycles. The monoisotopic (exact) mass is 426 g/mol. The summed E-state index contributed by atoms with van der Waals surface area (Å²) >= 11 is 0. The van der Waals surface area contributed by atoms with Crippen LogP contribution in [0.3, 0.4) is 0 Å². The van der Waals surface area contributed by atoms with Gasteiger partial charge in [-0.05, 0) is 47.2 Å². The maximum Gasteiger partial charge on any atom is 0.333 e. The number of rotatable bonds is 8. The minimum atomic E-state index is -0.384. The normalized spacial score (nSPS) is 10.3. The van der Waals surface area contributed by atoms with Crippen molar-refractivity contribution in [3.05, 3.63) is 108 Å². The van der Waals surface area contributed by atoms with Crippen LogP contribution in [-0.4, -0.2) is 11.9 Å². The van der Waals surface area contributed by atoms with E-state index in [0.717, 1.165) is 33.4 Å². The molecule has 0 aromatic heterocycles. The maximum absolute atomic E-state index is 11.5. The minimum absolute atomic E-state index is 0.229. The van der Waals surface area contributed by atoms with Crippen molar-refractivity contribution in [2.75, 3.05) is 0 Å². The summed E-state index contributed by atoms with van der Waals surface area (Å²) in [6.45, 7) is 10.9. The standard InChI is InChI=1S/C28H26O4/c1-19(2)27(29)31-17-21-5-9-23(10-6-21)25-13-15-26(16-14-25)24-11-7-22(8-12-24)18-32-28(30)20(3)4/h5-16H,1,3,17-18H2,2,4H3. The Hall–Kier alpha value is -3.92. The SMILES string of the molecule is C=C(C)C(=O)OCc1ccc(-c2ccc(-c3ccc(COC(=O)C(=C)C)cc3)cc2)cc1. The molecular weight excluding hydrogens is 400 g/mol. The number of carbonyl (C=O) groups is 2. The molecule has 0 bridgehead atoms. The van der Waals surface area contributed by atoms with Crippen molar-refractivity contribution >= 4 is 11.9 Å². The van der Waals surface area contributed by atoms with Gasteiger partial charge in [-0.15, -0.1) is 0 Å². The van der Waals surface area contributed by atoms with E-state index in [1.165, 1.54) is 0 Å². The molecule has 0 unspecified atom stereocenters. The van der Waals surface area contributed by atoms with Gasteiger partial charge in [-0.3, -0.25) is 0 Å². The average molecular weight is 427 g/mol. The van der Waals surface area contributed by atoms with Gasteiger partial charge in [0.2, 0.25) is 0 Å². The van der Waals surface area contributed by atoms with Gasteiger partial charge in [0.15, 0.2) is 0 Å². The van der Waals surface area contributed by atoms with Crippen molar-refractivity contribution in [3.63, 3.8) is 0 Å². The molecule has 4 heteroatoms. The number of hydrogen-bond donors (Lipinski definition) is 0. The van der Waals surface area contributed by atoms with Crippen molar-refractivity contribution in [2.45, 2.75) is 27.1 Å². The topological polar surface area (TPSA) is 52.6 Å². The predicted octanol–water partition coefficient (Wildman–Crippen LogP) is 6.26. The largest absolute Gasteiger partial charge is 0.457 e. The first-order valence-corrected chi connectivity index (χ1v) is 10.3. The van der Waals surface area contributed by atoms with Crippen molar-refractivity contribution in [1.82, 2.24) is 0 Å². The zero-order chi connectivity index (χ0) is 23.1. The lowest BCUT2D eigenvalue weighted by molar-refractivity contribution is -0.141. The van der Waals surface area contributed by atoms with Crippen LogP contribution in [0.15, 0.2) is 97.1 Å². The first kappa shape index (κ1) is 22.8. The molecule has 0 saturated carbocycles. The van der Waals surface area contributed by atoms with Crippen molar-refractivity contribution in [2.24, 2.45) is 0 Å². The van der Waals surface area contributed by atoms with Gasteiger partial charge < -0.3 is 9.47 Å². The summed E-state index contributed by atoms with van der Waals surface area (Å²) in [6.07, 6.45) is 0. The molecule has 32 heavy (non-hydrogen) atoms. The molecule has 0 N–H and O–H groups in total. The Morgan fingerprint density at radius 3 is 1.06 bits per heavy atom. The van der Waals surface area contributed by atoms with Crippen LogP contribution in [0.1, 0.15) is 25.0 Å². The van der Waals surface area contributed by atoms with E-state index in [1.807, 2.05) is 48.5 Å². The zero-order valence-electron chi connectivity index (χ0n) is 18.4. The Bertz CT molecular complexity index is 1030. The summed E-state index contributed by atoms with van der Waals surface area (Å²) in [7, 11) is 0. The number of ether oxygens (including phenoxy) is 2. The van der Waals surface area contributed by atoms with Crippen LogP contribution in [0.5, 0.6) is 0 Å². The molecule has 0 heterocycles. The molecule has 0 amide bonds.